The first-order chi connectivity index (χ1) is 12.0. The lowest BCUT2D eigenvalue weighted by atomic mass is 10.4. The van der Waals surface area contributed by atoms with Crippen LogP contribution >= 0.6 is 85.8 Å². The van der Waals surface area contributed by atoms with Gasteiger partial charge in [0.2, 0.25) is 0 Å². The molecule has 2 aromatic carbocycles. The van der Waals surface area contributed by atoms with Crippen molar-refractivity contribution < 1.29 is 0 Å². The molecule has 2 atom stereocenters. The van der Waals surface area contributed by atoms with Gasteiger partial charge in [-0.25, -0.2) is 0 Å². The first kappa shape index (κ1) is 22.2. The van der Waals surface area contributed by atoms with Crippen LogP contribution in [0.3, 0.4) is 0 Å². The second-order valence-electron chi connectivity index (χ2n) is 5.45. The quantitative estimate of drug-likeness (QED) is 0.236. The number of thioether (sulfide) groups is 3. The van der Waals surface area contributed by atoms with Crippen LogP contribution in [0, 0.1) is 0 Å². The fourth-order valence-corrected chi connectivity index (χ4v) is 6.16. The third-order valence-corrected chi connectivity index (χ3v) is 9.12. The Morgan fingerprint density at radius 1 is 0.600 bits per heavy atom. The van der Waals surface area contributed by atoms with Crippen molar-refractivity contribution in [3.63, 3.8) is 0 Å². The van der Waals surface area contributed by atoms with Gasteiger partial charge in [0.1, 0.15) is 0 Å². The van der Waals surface area contributed by atoms with Gasteiger partial charge in [-0.2, -0.15) is 37.0 Å². The van der Waals surface area contributed by atoms with Crippen LogP contribution in [0.1, 0.15) is 0 Å². The van der Waals surface area contributed by atoms with Gasteiger partial charge < -0.3 is 0 Å². The van der Waals surface area contributed by atoms with Crippen molar-refractivity contribution in [1.29, 1.82) is 0 Å². The van der Waals surface area contributed by atoms with Crippen LogP contribution in [0.25, 0.3) is 0 Å². The van der Waals surface area contributed by atoms with E-state index in [9.17, 15) is 0 Å². The molecule has 2 unspecified atom stereocenters. The molecule has 25 heavy (non-hydrogen) atoms. The molecule has 0 amide bonds. The molecule has 0 saturated heterocycles. The SMILES string of the molecule is Sc1ccc(SCC(S)CSCC(S)CSc2ccc(S)cc2)cc1. The van der Waals surface area contributed by atoms with Gasteiger partial charge in [-0.1, -0.05) is 0 Å². The van der Waals surface area contributed by atoms with E-state index in [0.717, 1.165) is 32.8 Å². The van der Waals surface area contributed by atoms with Gasteiger partial charge in [0.25, 0.3) is 0 Å². The van der Waals surface area contributed by atoms with Crippen molar-refractivity contribution in [2.24, 2.45) is 0 Å². The Balaban J connectivity index is 1.57. The van der Waals surface area contributed by atoms with Crippen molar-refractivity contribution in [2.45, 2.75) is 30.1 Å². The number of hydrogen-bond donors (Lipinski definition) is 4. The molecule has 2 aromatic rings. The fraction of sp³-hybridized carbons (Fsp3) is 0.333. The summed E-state index contributed by atoms with van der Waals surface area (Å²) >= 11 is 23.7. The van der Waals surface area contributed by atoms with Gasteiger partial charge in [0.05, 0.1) is 0 Å². The number of thiol groups is 4. The Morgan fingerprint density at radius 2 is 0.960 bits per heavy atom. The van der Waals surface area contributed by atoms with Crippen LogP contribution in [0.5, 0.6) is 0 Å². The molecule has 0 saturated carbocycles. The van der Waals surface area contributed by atoms with Crippen molar-refractivity contribution in [3.8, 4) is 0 Å². The van der Waals surface area contributed by atoms with Crippen molar-refractivity contribution in [2.75, 3.05) is 23.0 Å². The number of hydrogen-bond acceptors (Lipinski definition) is 7. The summed E-state index contributed by atoms with van der Waals surface area (Å²) in [5.74, 6) is 4.14. The summed E-state index contributed by atoms with van der Waals surface area (Å²) in [6.07, 6.45) is 0. The van der Waals surface area contributed by atoms with E-state index in [1.807, 2.05) is 59.6 Å². The third kappa shape index (κ3) is 9.58. The van der Waals surface area contributed by atoms with Gasteiger partial charge >= 0.3 is 0 Å². The van der Waals surface area contributed by atoms with Gasteiger partial charge in [-0.05, 0) is 48.5 Å². The molecule has 2 rings (SSSR count). The molecular weight excluding hydrogens is 441 g/mol. The highest BCUT2D eigenvalue weighted by Crippen LogP contribution is 2.25. The van der Waals surface area contributed by atoms with Gasteiger partial charge in [0, 0.05) is 53.1 Å². The predicted molar refractivity (Wildman–Crippen MR) is 132 cm³/mol. The molecule has 0 aromatic heterocycles. The molecule has 0 heterocycles. The second kappa shape index (κ2) is 12.4. The molecule has 0 aliphatic rings. The van der Waals surface area contributed by atoms with Crippen LogP contribution in [0.2, 0.25) is 0 Å². The highest BCUT2D eigenvalue weighted by Gasteiger charge is 2.08. The largest absolute Gasteiger partial charge is 0.174 e. The standard InChI is InChI=1S/C18H22S7/c19-13-1-5-17(6-2-13)24-11-15(21)9-23-10-16(22)12-25-18-7-3-14(20)4-8-18/h1-8,15-16,19-22H,9-12H2. The minimum absolute atomic E-state index is 0.391. The van der Waals surface area contributed by atoms with E-state index in [1.54, 1.807) is 0 Å². The predicted octanol–water partition coefficient (Wildman–Crippen LogP) is 6.48. The van der Waals surface area contributed by atoms with Crippen LogP contribution in [0.4, 0.5) is 0 Å². The second-order valence-corrected chi connectivity index (χ2v) is 11.2. The minimum Gasteiger partial charge on any atom is -0.174 e. The summed E-state index contributed by atoms with van der Waals surface area (Å²) in [4.78, 5) is 4.55. The lowest BCUT2D eigenvalue weighted by Crippen LogP contribution is -2.11. The van der Waals surface area contributed by atoms with Crippen molar-refractivity contribution in [3.05, 3.63) is 48.5 Å². The zero-order valence-corrected chi connectivity index (χ0v) is 19.6. The molecule has 0 radical (unpaired) electrons. The van der Waals surface area contributed by atoms with E-state index in [0.29, 0.717) is 10.5 Å². The van der Waals surface area contributed by atoms with Crippen LogP contribution in [0.15, 0.2) is 68.1 Å². The van der Waals surface area contributed by atoms with E-state index in [-0.39, 0.29) is 0 Å². The fourth-order valence-electron chi connectivity index (χ4n) is 1.91. The molecule has 0 fully saturated rings. The summed E-state index contributed by atoms with van der Waals surface area (Å²) in [7, 11) is 0. The first-order valence-corrected chi connectivity index (χ1v) is 12.9. The highest BCUT2D eigenvalue weighted by atomic mass is 32.2. The number of rotatable bonds is 10. The third-order valence-electron chi connectivity index (χ3n) is 3.18. The van der Waals surface area contributed by atoms with Crippen molar-refractivity contribution >= 4 is 85.8 Å². The van der Waals surface area contributed by atoms with Gasteiger partial charge in [-0.15, -0.1) is 48.8 Å². The molecule has 136 valence electrons. The maximum atomic E-state index is 4.71. The maximum Gasteiger partial charge on any atom is 0.0202 e. The minimum atomic E-state index is 0.391. The number of benzene rings is 2. The Bertz CT molecular complexity index is 557. The normalized spacial score (nSPS) is 13.6. The maximum absolute atomic E-state index is 4.71. The lowest BCUT2D eigenvalue weighted by molar-refractivity contribution is 1.12. The zero-order chi connectivity index (χ0) is 18.1. The zero-order valence-electron chi connectivity index (χ0n) is 13.6. The van der Waals surface area contributed by atoms with Crippen LogP contribution in [-0.2, 0) is 0 Å². The van der Waals surface area contributed by atoms with E-state index in [1.165, 1.54) is 9.79 Å². The smallest absolute Gasteiger partial charge is 0.0202 e. The average Bonchev–Trinajstić information content (AvgIpc) is 2.61. The van der Waals surface area contributed by atoms with Crippen LogP contribution < -0.4 is 0 Å². The van der Waals surface area contributed by atoms with Gasteiger partial charge in [-0.3, -0.25) is 0 Å². The van der Waals surface area contributed by atoms with E-state index >= 15 is 0 Å². The summed E-state index contributed by atoms with van der Waals surface area (Å²) in [5, 5.41) is 0.781. The first-order valence-electron chi connectivity index (χ1n) is 7.80. The summed E-state index contributed by atoms with van der Waals surface area (Å²) in [6.45, 7) is 0. The topological polar surface area (TPSA) is 0 Å². The molecule has 0 N–H and O–H groups in total. The average molecular weight is 463 g/mol. The van der Waals surface area contributed by atoms with Crippen molar-refractivity contribution in [1.82, 2.24) is 0 Å². The monoisotopic (exact) mass is 462 g/mol. The molecule has 0 spiro atoms. The molecule has 0 aliphatic carbocycles. The Hall–Kier alpha value is 0.890. The van der Waals surface area contributed by atoms with E-state index in [4.69, 9.17) is 25.3 Å². The Kier molecular flexibility index (Phi) is 11.0. The molecule has 0 nitrogen and oxygen atoms in total. The highest BCUT2D eigenvalue weighted by molar-refractivity contribution is 8.02. The Morgan fingerprint density at radius 3 is 1.32 bits per heavy atom. The molecule has 7 heteroatoms. The Labute approximate surface area is 186 Å². The van der Waals surface area contributed by atoms with Crippen LogP contribution in [-0.4, -0.2) is 33.5 Å². The van der Waals surface area contributed by atoms with E-state index < -0.39 is 0 Å². The summed E-state index contributed by atoms with van der Waals surface area (Å²) < 4.78 is 0. The van der Waals surface area contributed by atoms with Gasteiger partial charge in [0.15, 0.2) is 0 Å². The molecule has 0 bridgehead atoms. The molecular formula is C18H22S7. The molecule has 0 aliphatic heterocycles. The summed E-state index contributed by atoms with van der Waals surface area (Å²) in [5.41, 5.74) is 0. The van der Waals surface area contributed by atoms with E-state index in [2.05, 4.69) is 49.5 Å². The lowest BCUT2D eigenvalue weighted by Gasteiger charge is -2.13. The summed E-state index contributed by atoms with van der Waals surface area (Å²) in [6, 6.07) is 16.6.